The van der Waals surface area contributed by atoms with E-state index < -0.39 is 0 Å². The lowest BCUT2D eigenvalue weighted by Crippen LogP contribution is -2.07. The predicted octanol–water partition coefficient (Wildman–Crippen LogP) is 2.71. The van der Waals surface area contributed by atoms with Crippen molar-refractivity contribution in [2.24, 2.45) is 7.05 Å². The average Bonchev–Trinajstić information content (AvgIpc) is 3.00. The lowest BCUT2D eigenvalue weighted by Gasteiger charge is -2.09. The van der Waals surface area contributed by atoms with Crippen LogP contribution >= 0.6 is 11.6 Å². The molecule has 5 nitrogen and oxygen atoms in total. The third-order valence-corrected chi connectivity index (χ3v) is 3.47. The first-order valence-corrected chi connectivity index (χ1v) is 7.01. The molecule has 0 aliphatic carbocycles. The van der Waals surface area contributed by atoms with Crippen molar-refractivity contribution in [3.63, 3.8) is 0 Å². The van der Waals surface area contributed by atoms with Gasteiger partial charge in [0, 0.05) is 26.0 Å². The minimum Gasteiger partial charge on any atom is -0.311 e. The Balaban J connectivity index is 1.94. The van der Waals surface area contributed by atoms with Crippen LogP contribution in [0.1, 0.15) is 23.7 Å². The van der Waals surface area contributed by atoms with Crippen LogP contribution in [-0.4, -0.2) is 24.3 Å². The van der Waals surface area contributed by atoms with Gasteiger partial charge in [0.05, 0.1) is 11.6 Å². The number of alkyl halides is 1. The van der Waals surface area contributed by atoms with Gasteiger partial charge in [0.15, 0.2) is 5.65 Å². The highest BCUT2D eigenvalue weighted by molar-refractivity contribution is 6.20. The van der Waals surface area contributed by atoms with Crippen molar-refractivity contribution in [2.45, 2.75) is 25.3 Å². The number of nitrogens with zero attached hydrogens (tertiary/aromatic N) is 5. The van der Waals surface area contributed by atoms with E-state index in [-0.39, 0.29) is 5.38 Å². The zero-order chi connectivity index (χ0) is 14.1. The molecular weight excluding hydrogens is 274 g/mol. The number of pyridine rings is 1. The number of imidazole rings is 1. The fourth-order valence-electron chi connectivity index (χ4n) is 2.34. The van der Waals surface area contributed by atoms with Crippen molar-refractivity contribution in [2.75, 3.05) is 0 Å². The van der Waals surface area contributed by atoms with E-state index in [1.807, 2.05) is 43.2 Å². The van der Waals surface area contributed by atoms with Gasteiger partial charge in [-0.25, -0.2) is 9.97 Å². The summed E-state index contributed by atoms with van der Waals surface area (Å²) in [6.07, 6.45) is 6.58. The summed E-state index contributed by atoms with van der Waals surface area (Å²) in [4.78, 5) is 9.00. The SMILES string of the molecule is CC(Cl)c1nc2cccnc2n1CCc1cnn(C)c1. The number of hydrogen-bond acceptors (Lipinski definition) is 3. The molecule has 3 heterocycles. The third kappa shape index (κ3) is 2.41. The Bertz CT molecular complexity index is 728. The third-order valence-electron chi connectivity index (χ3n) is 3.27. The van der Waals surface area contributed by atoms with Crippen molar-refractivity contribution < 1.29 is 0 Å². The van der Waals surface area contributed by atoms with Gasteiger partial charge in [0.25, 0.3) is 0 Å². The minimum absolute atomic E-state index is 0.141. The predicted molar refractivity (Wildman–Crippen MR) is 78.7 cm³/mol. The number of hydrogen-bond donors (Lipinski definition) is 0. The largest absolute Gasteiger partial charge is 0.311 e. The second kappa shape index (κ2) is 5.25. The molecule has 20 heavy (non-hydrogen) atoms. The van der Waals surface area contributed by atoms with E-state index >= 15 is 0 Å². The Kier molecular flexibility index (Phi) is 3.44. The molecule has 0 spiro atoms. The van der Waals surface area contributed by atoms with Crippen LogP contribution in [0.3, 0.4) is 0 Å². The molecular formula is C14H16ClN5. The van der Waals surface area contributed by atoms with Gasteiger partial charge >= 0.3 is 0 Å². The zero-order valence-electron chi connectivity index (χ0n) is 11.5. The summed E-state index contributed by atoms with van der Waals surface area (Å²) in [5.74, 6) is 0.865. The molecule has 1 atom stereocenters. The summed E-state index contributed by atoms with van der Waals surface area (Å²) in [6, 6.07) is 3.86. The molecule has 3 rings (SSSR count). The highest BCUT2D eigenvalue weighted by atomic mass is 35.5. The van der Waals surface area contributed by atoms with Crippen LogP contribution in [0, 0.1) is 0 Å². The van der Waals surface area contributed by atoms with Crippen LogP contribution in [0.25, 0.3) is 11.2 Å². The molecule has 0 saturated heterocycles. The average molecular weight is 290 g/mol. The Morgan fingerprint density at radius 3 is 2.95 bits per heavy atom. The van der Waals surface area contributed by atoms with Gasteiger partial charge in [0.1, 0.15) is 11.3 Å². The summed E-state index contributed by atoms with van der Waals surface area (Å²) in [5.41, 5.74) is 2.97. The highest BCUT2D eigenvalue weighted by Gasteiger charge is 2.15. The fraction of sp³-hybridized carbons (Fsp3) is 0.357. The first-order chi connectivity index (χ1) is 9.65. The van der Waals surface area contributed by atoms with Gasteiger partial charge in [-0.05, 0) is 31.0 Å². The maximum atomic E-state index is 6.24. The van der Waals surface area contributed by atoms with E-state index in [1.165, 1.54) is 5.56 Å². The Labute approximate surface area is 122 Å². The Hall–Kier alpha value is -1.88. The number of aryl methyl sites for hydroxylation is 3. The molecule has 3 aromatic rings. The molecule has 0 bridgehead atoms. The van der Waals surface area contributed by atoms with Gasteiger partial charge < -0.3 is 4.57 Å². The maximum Gasteiger partial charge on any atom is 0.160 e. The van der Waals surface area contributed by atoms with E-state index in [9.17, 15) is 0 Å². The normalized spacial score (nSPS) is 12.9. The summed E-state index contributed by atoms with van der Waals surface area (Å²) in [5, 5.41) is 4.05. The lowest BCUT2D eigenvalue weighted by molar-refractivity contribution is 0.662. The molecule has 0 aliphatic heterocycles. The molecule has 0 fully saturated rings. The molecule has 0 aliphatic rings. The molecule has 0 N–H and O–H groups in total. The van der Waals surface area contributed by atoms with Crippen LogP contribution in [0.4, 0.5) is 0 Å². The topological polar surface area (TPSA) is 48.5 Å². The number of halogens is 1. The molecule has 0 amide bonds. The molecule has 0 saturated carbocycles. The van der Waals surface area contributed by atoms with E-state index in [1.54, 1.807) is 6.20 Å². The number of rotatable bonds is 4. The second-order valence-electron chi connectivity index (χ2n) is 4.86. The van der Waals surface area contributed by atoms with E-state index in [2.05, 4.69) is 19.6 Å². The van der Waals surface area contributed by atoms with Gasteiger partial charge in [-0.1, -0.05) is 0 Å². The first-order valence-electron chi connectivity index (χ1n) is 6.58. The van der Waals surface area contributed by atoms with Gasteiger partial charge in [0.2, 0.25) is 0 Å². The Morgan fingerprint density at radius 1 is 1.40 bits per heavy atom. The van der Waals surface area contributed by atoms with Crippen molar-refractivity contribution in [1.29, 1.82) is 0 Å². The van der Waals surface area contributed by atoms with E-state index in [0.717, 1.165) is 30.0 Å². The standard InChI is InChI=1S/C14H16ClN5/c1-10(15)13-18-12-4-3-6-16-14(12)20(13)7-5-11-8-17-19(2)9-11/h3-4,6,8-10H,5,7H2,1-2H3. The van der Waals surface area contributed by atoms with Gasteiger partial charge in [-0.3, -0.25) is 4.68 Å². The van der Waals surface area contributed by atoms with Crippen LogP contribution in [0.5, 0.6) is 0 Å². The van der Waals surface area contributed by atoms with Crippen LogP contribution in [-0.2, 0) is 20.0 Å². The molecule has 0 aromatic carbocycles. The van der Waals surface area contributed by atoms with Crippen LogP contribution < -0.4 is 0 Å². The quantitative estimate of drug-likeness (QED) is 0.694. The minimum atomic E-state index is -0.141. The second-order valence-corrected chi connectivity index (χ2v) is 5.51. The van der Waals surface area contributed by atoms with E-state index in [4.69, 9.17) is 11.6 Å². The number of aromatic nitrogens is 5. The van der Waals surface area contributed by atoms with Gasteiger partial charge in [-0.2, -0.15) is 5.10 Å². The van der Waals surface area contributed by atoms with Crippen molar-refractivity contribution in [1.82, 2.24) is 24.3 Å². The molecule has 1 unspecified atom stereocenters. The van der Waals surface area contributed by atoms with E-state index in [0.29, 0.717) is 0 Å². The lowest BCUT2D eigenvalue weighted by atomic mass is 10.2. The summed E-state index contributed by atoms with van der Waals surface area (Å²) < 4.78 is 3.91. The number of fused-ring (bicyclic) bond motifs is 1. The molecule has 0 radical (unpaired) electrons. The summed E-state index contributed by atoms with van der Waals surface area (Å²) >= 11 is 6.24. The summed E-state index contributed by atoms with van der Waals surface area (Å²) in [7, 11) is 1.92. The highest BCUT2D eigenvalue weighted by Crippen LogP contribution is 2.23. The Morgan fingerprint density at radius 2 is 2.25 bits per heavy atom. The van der Waals surface area contributed by atoms with Crippen molar-refractivity contribution in [3.8, 4) is 0 Å². The molecule has 6 heteroatoms. The molecule has 3 aromatic heterocycles. The van der Waals surface area contributed by atoms with Crippen molar-refractivity contribution >= 4 is 22.8 Å². The summed E-state index contributed by atoms with van der Waals surface area (Å²) in [6.45, 7) is 2.73. The fourth-order valence-corrected chi connectivity index (χ4v) is 2.51. The first kappa shape index (κ1) is 13.1. The van der Waals surface area contributed by atoms with Crippen LogP contribution in [0.2, 0.25) is 0 Å². The van der Waals surface area contributed by atoms with Gasteiger partial charge in [-0.15, -0.1) is 11.6 Å². The van der Waals surface area contributed by atoms with Crippen molar-refractivity contribution in [3.05, 3.63) is 42.1 Å². The maximum absolute atomic E-state index is 6.24. The zero-order valence-corrected chi connectivity index (χ0v) is 12.2. The smallest absolute Gasteiger partial charge is 0.160 e. The molecule has 104 valence electrons. The monoisotopic (exact) mass is 289 g/mol. The van der Waals surface area contributed by atoms with Crippen LogP contribution in [0.15, 0.2) is 30.7 Å².